The summed E-state index contributed by atoms with van der Waals surface area (Å²) < 4.78 is 17.6. The monoisotopic (exact) mass is 348 g/mol. The normalized spacial score (nSPS) is 49.1. The van der Waals surface area contributed by atoms with Gasteiger partial charge in [0.25, 0.3) is 0 Å². The van der Waals surface area contributed by atoms with Crippen molar-refractivity contribution in [3.63, 3.8) is 0 Å². The van der Waals surface area contributed by atoms with E-state index in [1.165, 1.54) is 0 Å². The fourth-order valence-electron chi connectivity index (χ4n) is 3.68. The molecule has 2 aliphatic rings. The van der Waals surface area contributed by atoms with Gasteiger partial charge in [-0.25, -0.2) is 0 Å². The van der Waals surface area contributed by atoms with Crippen molar-refractivity contribution in [2.24, 2.45) is 11.8 Å². The number of aliphatic hydroxyl groups is 4. The minimum atomic E-state index is -1.44. The van der Waals surface area contributed by atoms with Crippen LogP contribution in [0.3, 0.4) is 0 Å². The molecule has 2 fully saturated rings. The number of rotatable bonds is 4. The Balaban J connectivity index is 2.15. The van der Waals surface area contributed by atoms with Gasteiger partial charge in [-0.3, -0.25) is 0 Å². The van der Waals surface area contributed by atoms with Crippen molar-refractivity contribution < 1.29 is 34.6 Å². The lowest BCUT2D eigenvalue weighted by atomic mass is 9.75. The Kier molecular flexibility index (Phi) is 6.29. The van der Waals surface area contributed by atoms with Gasteiger partial charge in [-0.05, 0) is 32.1 Å². The smallest absolute Gasteiger partial charge is 0.187 e. The first kappa shape index (κ1) is 20.0. The van der Waals surface area contributed by atoms with Crippen LogP contribution in [0.4, 0.5) is 0 Å². The van der Waals surface area contributed by atoms with Gasteiger partial charge in [0.2, 0.25) is 0 Å². The Hall–Kier alpha value is -0.280. The van der Waals surface area contributed by atoms with Crippen LogP contribution in [0.1, 0.15) is 41.0 Å². The summed E-state index contributed by atoms with van der Waals surface area (Å²) >= 11 is 0. The quantitative estimate of drug-likeness (QED) is 0.568. The second-order valence-electron chi connectivity index (χ2n) is 7.61. The van der Waals surface area contributed by atoms with Crippen LogP contribution < -0.4 is 0 Å². The van der Waals surface area contributed by atoms with E-state index in [4.69, 9.17) is 14.2 Å². The molecule has 0 bridgehead atoms. The van der Waals surface area contributed by atoms with Crippen molar-refractivity contribution in [1.82, 2.24) is 0 Å². The van der Waals surface area contributed by atoms with Crippen LogP contribution in [0.2, 0.25) is 0 Å². The molecular formula is C17H32O7. The van der Waals surface area contributed by atoms with Gasteiger partial charge in [-0.2, -0.15) is 0 Å². The van der Waals surface area contributed by atoms with Gasteiger partial charge < -0.3 is 34.6 Å². The molecule has 2 rings (SSSR count). The first-order chi connectivity index (χ1) is 11.1. The lowest BCUT2D eigenvalue weighted by Gasteiger charge is -2.51. The first-order valence-corrected chi connectivity index (χ1v) is 8.77. The molecule has 2 saturated heterocycles. The van der Waals surface area contributed by atoms with Crippen molar-refractivity contribution in [3.05, 3.63) is 0 Å². The van der Waals surface area contributed by atoms with E-state index in [1.54, 1.807) is 0 Å². The average Bonchev–Trinajstić information content (AvgIpc) is 2.55. The number of ether oxygens (including phenoxy) is 3. The maximum Gasteiger partial charge on any atom is 0.187 e. The number of aliphatic hydroxyl groups excluding tert-OH is 4. The molecule has 142 valence electrons. The molecule has 0 aromatic rings. The Morgan fingerprint density at radius 2 is 1.62 bits per heavy atom. The highest BCUT2D eigenvalue weighted by atomic mass is 16.7. The third-order valence-electron chi connectivity index (χ3n) is 5.77. The van der Waals surface area contributed by atoms with E-state index in [1.807, 2.05) is 6.92 Å². The molecule has 0 radical (unpaired) electrons. The summed E-state index contributed by atoms with van der Waals surface area (Å²) in [5.74, 6) is 0.362. The standard InChI is InChI=1S/C17H32O7/c1-6-10-15(8(2)9(3)17(4,5)24-10)23-16-14(21)13(20)12(19)11(7-18)22-16/h8-16,18-21H,6-7H2,1-5H3/t8?,9-,10?,11?,12-,13?,14?,15-,16?/m0/s1. The summed E-state index contributed by atoms with van der Waals surface area (Å²) in [7, 11) is 0. The van der Waals surface area contributed by atoms with Crippen LogP contribution in [0, 0.1) is 11.8 Å². The molecule has 9 atom stereocenters. The van der Waals surface area contributed by atoms with Crippen LogP contribution in [-0.2, 0) is 14.2 Å². The third kappa shape index (κ3) is 3.62. The minimum absolute atomic E-state index is 0.145. The molecule has 2 aliphatic heterocycles. The zero-order chi connectivity index (χ0) is 18.2. The van der Waals surface area contributed by atoms with Crippen LogP contribution in [0.5, 0.6) is 0 Å². The van der Waals surface area contributed by atoms with Crippen molar-refractivity contribution >= 4 is 0 Å². The molecule has 0 aromatic heterocycles. The summed E-state index contributed by atoms with van der Waals surface area (Å²) in [4.78, 5) is 0. The lowest BCUT2D eigenvalue weighted by molar-refractivity contribution is -0.337. The fourth-order valence-corrected chi connectivity index (χ4v) is 3.68. The summed E-state index contributed by atoms with van der Waals surface area (Å²) in [6, 6.07) is 0. The van der Waals surface area contributed by atoms with Crippen LogP contribution in [0.25, 0.3) is 0 Å². The van der Waals surface area contributed by atoms with E-state index in [0.717, 1.165) is 6.42 Å². The van der Waals surface area contributed by atoms with Crippen LogP contribution in [-0.4, -0.2) is 75.5 Å². The van der Waals surface area contributed by atoms with E-state index in [2.05, 4.69) is 27.7 Å². The van der Waals surface area contributed by atoms with Gasteiger partial charge >= 0.3 is 0 Å². The van der Waals surface area contributed by atoms with Gasteiger partial charge in [0, 0.05) is 0 Å². The zero-order valence-corrected chi connectivity index (χ0v) is 15.1. The molecule has 7 heteroatoms. The van der Waals surface area contributed by atoms with Gasteiger partial charge in [0.05, 0.1) is 24.4 Å². The maximum atomic E-state index is 10.2. The molecule has 4 N–H and O–H groups in total. The lowest BCUT2D eigenvalue weighted by Crippen LogP contribution is -2.62. The van der Waals surface area contributed by atoms with Crippen LogP contribution >= 0.6 is 0 Å². The highest BCUT2D eigenvalue weighted by molar-refractivity contribution is 4.95. The molecular weight excluding hydrogens is 316 g/mol. The first-order valence-electron chi connectivity index (χ1n) is 8.77. The van der Waals surface area contributed by atoms with E-state index in [0.29, 0.717) is 0 Å². The minimum Gasteiger partial charge on any atom is -0.394 e. The summed E-state index contributed by atoms with van der Waals surface area (Å²) in [6.45, 7) is 9.82. The fraction of sp³-hybridized carbons (Fsp3) is 1.00. The van der Waals surface area contributed by atoms with E-state index in [9.17, 15) is 20.4 Å². The van der Waals surface area contributed by atoms with Gasteiger partial charge in [-0.15, -0.1) is 0 Å². The highest BCUT2D eigenvalue weighted by Crippen LogP contribution is 2.41. The second-order valence-corrected chi connectivity index (χ2v) is 7.61. The largest absolute Gasteiger partial charge is 0.394 e. The van der Waals surface area contributed by atoms with Crippen molar-refractivity contribution in [1.29, 1.82) is 0 Å². The Morgan fingerprint density at radius 1 is 1.00 bits per heavy atom. The molecule has 7 nitrogen and oxygen atoms in total. The topological polar surface area (TPSA) is 109 Å². The van der Waals surface area contributed by atoms with Crippen LogP contribution in [0.15, 0.2) is 0 Å². The highest BCUT2D eigenvalue weighted by Gasteiger charge is 2.50. The van der Waals surface area contributed by atoms with Crippen molar-refractivity contribution in [3.8, 4) is 0 Å². The Morgan fingerprint density at radius 3 is 2.17 bits per heavy atom. The zero-order valence-electron chi connectivity index (χ0n) is 15.1. The summed E-state index contributed by atoms with van der Waals surface area (Å²) in [6.07, 6.45) is -6.06. The second kappa shape index (κ2) is 7.53. The number of hydrogen-bond donors (Lipinski definition) is 4. The molecule has 0 amide bonds. The van der Waals surface area contributed by atoms with Crippen molar-refractivity contribution in [2.45, 2.75) is 89.6 Å². The van der Waals surface area contributed by atoms with Gasteiger partial charge in [-0.1, -0.05) is 20.8 Å². The molecule has 6 unspecified atom stereocenters. The molecule has 2 heterocycles. The summed E-state index contributed by atoms with van der Waals surface area (Å²) in [5.41, 5.74) is -0.282. The number of hydrogen-bond acceptors (Lipinski definition) is 7. The van der Waals surface area contributed by atoms with E-state index in [-0.39, 0.29) is 29.6 Å². The molecule has 0 aliphatic carbocycles. The van der Waals surface area contributed by atoms with Gasteiger partial charge in [0.15, 0.2) is 6.29 Å². The molecule has 0 saturated carbocycles. The average molecular weight is 348 g/mol. The van der Waals surface area contributed by atoms with E-state index < -0.39 is 37.3 Å². The predicted octanol–water partition coefficient (Wildman–Crippen LogP) is 0.0311. The van der Waals surface area contributed by atoms with Crippen molar-refractivity contribution in [2.75, 3.05) is 6.61 Å². The van der Waals surface area contributed by atoms with Gasteiger partial charge in [0.1, 0.15) is 24.4 Å². The maximum absolute atomic E-state index is 10.2. The molecule has 24 heavy (non-hydrogen) atoms. The third-order valence-corrected chi connectivity index (χ3v) is 5.77. The van der Waals surface area contributed by atoms with E-state index >= 15 is 0 Å². The molecule has 0 aromatic carbocycles. The molecule has 0 spiro atoms. The summed E-state index contributed by atoms with van der Waals surface area (Å²) in [5, 5.41) is 39.3. The Labute approximate surface area is 143 Å². The Bertz CT molecular complexity index is 412. The SMILES string of the molecule is CCC1OC(C)(C)[C@@H](C)C(C)[C@@H]1OC1OC(CO)[C@H](O)C(O)C1O. The predicted molar refractivity (Wildman–Crippen MR) is 86.2 cm³/mol.